The smallest absolute Gasteiger partial charge is 0.327 e. The zero-order valence-corrected chi connectivity index (χ0v) is 19.1. The largest absolute Gasteiger partial charge is 0.480 e. The molecule has 0 aliphatic carbocycles. The van der Waals surface area contributed by atoms with E-state index in [4.69, 9.17) is 4.52 Å². The van der Waals surface area contributed by atoms with E-state index in [0.29, 0.717) is 22.6 Å². The normalized spacial score (nSPS) is 14.6. The van der Waals surface area contributed by atoms with E-state index in [9.17, 15) is 14.3 Å². The van der Waals surface area contributed by atoms with Crippen LogP contribution in [0, 0.1) is 11.6 Å². The number of halogens is 2. The van der Waals surface area contributed by atoms with Gasteiger partial charge in [0.15, 0.2) is 17.5 Å². The molecule has 4 heterocycles. The maximum Gasteiger partial charge on any atom is 0.327 e. The predicted octanol–water partition coefficient (Wildman–Crippen LogP) is 4.47. The molecular formula is C26H18F2N6O3. The van der Waals surface area contributed by atoms with Gasteiger partial charge in [-0.1, -0.05) is 41.6 Å². The summed E-state index contributed by atoms with van der Waals surface area (Å²) in [5.41, 5.74) is 2.98. The molecule has 184 valence electrons. The van der Waals surface area contributed by atoms with Crippen molar-refractivity contribution in [2.75, 3.05) is 4.90 Å². The summed E-state index contributed by atoms with van der Waals surface area (Å²) in [6, 6.07) is 15.7. The van der Waals surface area contributed by atoms with Crippen LogP contribution in [-0.2, 0) is 17.8 Å². The van der Waals surface area contributed by atoms with Crippen LogP contribution >= 0.6 is 0 Å². The van der Waals surface area contributed by atoms with Crippen molar-refractivity contribution in [3.8, 4) is 22.9 Å². The fourth-order valence-electron chi connectivity index (χ4n) is 4.48. The second kappa shape index (κ2) is 8.94. The summed E-state index contributed by atoms with van der Waals surface area (Å²) >= 11 is 0. The minimum absolute atomic E-state index is 0.0712. The average molecular weight is 500 g/mol. The molecule has 2 aromatic carbocycles. The zero-order chi connectivity index (χ0) is 25.5. The third kappa shape index (κ3) is 3.99. The summed E-state index contributed by atoms with van der Waals surface area (Å²) in [5.74, 6) is -2.36. The molecule has 1 N–H and O–H groups in total. The minimum Gasteiger partial charge on any atom is -0.480 e. The Hall–Kier alpha value is -4.93. The highest BCUT2D eigenvalue weighted by Crippen LogP contribution is 2.39. The van der Waals surface area contributed by atoms with Crippen LogP contribution in [0.4, 0.5) is 20.3 Å². The molecule has 0 bridgehead atoms. The Balaban J connectivity index is 1.45. The van der Waals surface area contributed by atoms with Crippen molar-refractivity contribution < 1.29 is 23.2 Å². The standard InChI is InChI=1S/C26H18F2N6O3/c27-17-7-3-1-6-16(17)14-33-22(19-9-10-37-32-19)12-20(31-33)24-29-13-18(28)25(30-24)34-21-8-4-2-5-15(21)11-23(34)26(35)36/h1-10,12-13,23H,11,14H2,(H,35,36)/t23-/m0/s1. The third-order valence-corrected chi connectivity index (χ3v) is 6.20. The molecule has 0 amide bonds. The first-order chi connectivity index (χ1) is 18.0. The van der Waals surface area contributed by atoms with E-state index in [1.54, 1.807) is 54.6 Å². The lowest BCUT2D eigenvalue weighted by atomic mass is 10.1. The topological polar surface area (TPSA) is 110 Å². The van der Waals surface area contributed by atoms with Crippen LogP contribution in [0.2, 0.25) is 0 Å². The van der Waals surface area contributed by atoms with Gasteiger partial charge in [0.05, 0.1) is 18.4 Å². The van der Waals surface area contributed by atoms with Gasteiger partial charge >= 0.3 is 5.97 Å². The summed E-state index contributed by atoms with van der Waals surface area (Å²) < 4.78 is 35.9. The highest BCUT2D eigenvalue weighted by molar-refractivity contribution is 5.86. The molecule has 1 atom stereocenters. The number of aliphatic carboxylic acids is 1. The SMILES string of the molecule is O=C(O)[C@@H]1Cc2ccccc2N1c1nc(-c2cc(-c3ccon3)n(Cc3ccccc3F)n2)ncc1F. The van der Waals surface area contributed by atoms with Crippen LogP contribution in [0.5, 0.6) is 0 Å². The fraction of sp³-hybridized carbons (Fsp3) is 0.115. The Bertz CT molecular complexity index is 1620. The van der Waals surface area contributed by atoms with Crippen molar-refractivity contribution in [3.05, 3.63) is 95.9 Å². The van der Waals surface area contributed by atoms with Gasteiger partial charge in [-0.25, -0.2) is 23.5 Å². The number of hydrogen-bond acceptors (Lipinski definition) is 7. The molecule has 3 aromatic heterocycles. The molecule has 0 saturated carbocycles. The number of carbonyl (C=O) groups is 1. The summed E-state index contributed by atoms with van der Waals surface area (Å²) in [4.78, 5) is 21.9. The quantitative estimate of drug-likeness (QED) is 0.364. The first-order valence-corrected chi connectivity index (χ1v) is 11.3. The van der Waals surface area contributed by atoms with Crippen LogP contribution in [0.1, 0.15) is 11.1 Å². The van der Waals surface area contributed by atoms with Gasteiger partial charge in [-0.2, -0.15) is 5.10 Å². The third-order valence-electron chi connectivity index (χ3n) is 6.20. The molecule has 37 heavy (non-hydrogen) atoms. The van der Waals surface area contributed by atoms with Crippen LogP contribution in [0.15, 0.2) is 77.6 Å². The van der Waals surface area contributed by atoms with Crippen LogP contribution in [-0.4, -0.2) is 42.0 Å². The molecule has 0 unspecified atom stereocenters. The number of carboxylic acids is 1. The lowest BCUT2D eigenvalue weighted by Gasteiger charge is -2.24. The molecule has 11 heteroatoms. The molecule has 0 radical (unpaired) electrons. The number of aromatic nitrogens is 5. The number of para-hydroxylation sites is 1. The fourth-order valence-corrected chi connectivity index (χ4v) is 4.48. The summed E-state index contributed by atoms with van der Waals surface area (Å²) in [5, 5.41) is 18.4. The molecular weight excluding hydrogens is 482 g/mol. The first kappa shape index (κ1) is 22.5. The Kier molecular flexibility index (Phi) is 5.44. The number of carboxylic acid groups (broad SMARTS) is 1. The maximum atomic E-state index is 15.1. The van der Waals surface area contributed by atoms with E-state index < -0.39 is 23.6 Å². The number of rotatable bonds is 6. The van der Waals surface area contributed by atoms with Crippen molar-refractivity contribution >= 4 is 17.5 Å². The number of benzene rings is 2. The summed E-state index contributed by atoms with van der Waals surface area (Å²) in [7, 11) is 0. The Labute approximate surface area is 208 Å². The van der Waals surface area contributed by atoms with Gasteiger partial charge in [-0.15, -0.1) is 0 Å². The Morgan fingerprint density at radius 3 is 2.65 bits per heavy atom. The predicted molar refractivity (Wildman–Crippen MR) is 128 cm³/mol. The van der Waals surface area contributed by atoms with Gasteiger partial charge < -0.3 is 14.5 Å². The summed E-state index contributed by atoms with van der Waals surface area (Å²) in [6.45, 7) is 0.0868. The van der Waals surface area contributed by atoms with Gasteiger partial charge in [0.25, 0.3) is 0 Å². The van der Waals surface area contributed by atoms with Crippen molar-refractivity contribution in [2.45, 2.75) is 19.0 Å². The maximum absolute atomic E-state index is 15.1. The van der Waals surface area contributed by atoms with Gasteiger partial charge in [0.1, 0.15) is 29.5 Å². The second-order valence-corrected chi connectivity index (χ2v) is 8.47. The lowest BCUT2D eigenvalue weighted by molar-refractivity contribution is -0.138. The minimum atomic E-state index is -1.10. The van der Waals surface area contributed by atoms with Crippen LogP contribution < -0.4 is 4.90 Å². The van der Waals surface area contributed by atoms with Crippen molar-refractivity contribution in [3.63, 3.8) is 0 Å². The molecule has 5 aromatic rings. The van der Waals surface area contributed by atoms with Crippen molar-refractivity contribution in [1.82, 2.24) is 24.9 Å². The Morgan fingerprint density at radius 2 is 1.86 bits per heavy atom. The number of nitrogens with zero attached hydrogens (tertiary/aromatic N) is 6. The van der Waals surface area contributed by atoms with Crippen molar-refractivity contribution in [2.24, 2.45) is 0 Å². The average Bonchev–Trinajstić information content (AvgIpc) is 3.64. The number of hydrogen-bond donors (Lipinski definition) is 1. The molecule has 9 nitrogen and oxygen atoms in total. The monoisotopic (exact) mass is 500 g/mol. The first-order valence-electron chi connectivity index (χ1n) is 11.3. The van der Waals surface area contributed by atoms with Gasteiger partial charge in [-0.3, -0.25) is 4.68 Å². The molecule has 0 saturated heterocycles. The number of anilines is 2. The second-order valence-electron chi connectivity index (χ2n) is 8.47. The molecule has 0 fully saturated rings. The number of fused-ring (bicyclic) bond motifs is 1. The van der Waals surface area contributed by atoms with Gasteiger partial charge in [0.2, 0.25) is 0 Å². The zero-order valence-electron chi connectivity index (χ0n) is 19.1. The molecule has 1 aliphatic heterocycles. The summed E-state index contributed by atoms with van der Waals surface area (Å²) in [6.07, 6.45) is 2.60. The molecule has 1 aliphatic rings. The Morgan fingerprint density at radius 1 is 1.05 bits per heavy atom. The van der Waals surface area contributed by atoms with Gasteiger partial charge in [-0.05, 0) is 23.8 Å². The van der Waals surface area contributed by atoms with Crippen LogP contribution in [0.25, 0.3) is 22.9 Å². The molecule has 0 spiro atoms. The van der Waals surface area contributed by atoms with E-state index >= 15 is 4.39 Å². The van der Waals surface area contributed by atoms with E-state index in [1.807, 2.05) is 0 Å². The van der Waals surface area contributed by atoms with E-state index in [1.165, 1.54) is 21.9 Å². The van der Waals surface area contributed by atoms with Crippen molar-refractivity contribution in [1.29, 1.82) is 0 Å². The van der Waals surface area contributed by atoms with Crippen LogP contribution in [0.3, 0.4) is 0 Å². The van der Waals surface area contributed by atoms with E-state index in [2.05, 4.69) is 20.2 Å². The van der Waals surface area contributed by atoms with E-state index in [-0.39, 0.29) is 30.3 Å². The highest BCUT2D eigenvalue weighted by Gasteiger charge is 2.37. The lowest BCUT2D eigenvalue weighted by Crippen LogP contribution is -2.36. The van der Waals surface area contributed by atoms with E-state index in [0.717, 1.165) is 11.8 Å². The van der Waals surface area contributed by atoms with Gasteiger partial charge in [0, 0.05) is 23.7 Å². The molecule has 6 rings (SSSR count). The highest BCUT2D eigenvalue weighted by atomic mass is 19.1.